The Morgan fingerprint density at radius 3 is 2.93 bits per heavy atom. The number of hydrogen-bond acceptors (Lipinski definition) is 5. The number of carbonyl (C=O) groups is 1. The van der Waals surface area contributed by atoms with Crippen LogP contribution in [-0.4, -0.2) is 64.7 Å². The van der Waals surface area contributed by atoms with Crippen molar-refractivity contribution < 1.29 is 14.6 Å². The number of likely N-dealkylation sites (tertiary alicyclic amines) is 2. The van der Waals surface area contributed by atoms with Gasteiger partial charge in [0.25, 0.3) is 5.91 Å². The fourth-order valence-corrected chi connectivity index (χ4v) is 5.32. The molecule has 1 atom stereocenters. The Morgan fingerprint density at radius 1 is 1.27 bits per heavy atom. The molecule has 1 N–H and O–H groups in total. The molecule has 2 fully saturated rings. The molecule has 5 rings (SSSR count). The van der Waals surface area contributed by atoms with Crippen molar-refractivity contribution in [1.29, 1.82) is 0 Å². The van der Waals surface area contributed by atoms with Gasteiger partial charge in [0.05, 0.1) is 18.3 Å². The molecule has 0 bridgehead atoms. The summed E-state index contributed by atoms with van der Waals surface area (Å²) in [6.45, 7) is 4.87. The van der Waals surface area contributed by atoms with Gasteiger partial charge < -0.3 is 14.7 Å². The number of β-amino-alcohol motifs (C(OH)–C–C–N with tert-alkyl or cyclic N) is 1. The molecule has 1 unspecified atom stereocenters. The van der Waals surface area contributed by atoms with Gasteiger partial charge in [0.2, 0.25) is 0 Å². The summed E-state index contributed by atoms with van der Waals surface area (Å²) in [5.74, 6) is 1.01. The fourth-order valence-electron chi connectivity index (χ4n) is 5.32. The largest absolute Gasteiger partial charge is 0.493 e. The van der Waals surface area contributed by atoms with E-state index in [0.717, 1.165) is 64.2 Å². The number of amides is 1. The molecular formula is C24H29N3O3. The molecule has 158 valence electrons. The topological polar surface area (TPSA) is 65.9 Å². The van der Waals surface area contributed by atoms with Crippen molar-refractivity contribution in [3.8, 4) is 5.75 Å². The van der Waals surface area contributed by atoms with Crippen LogP contribution in [0.5, 0.6) is 5.75 Å². The van der Waals surface area contributed by atoms with Gasteiger partial charge in [0, 0.05) is 38.4 Å². The molecule has 0 saturated carbocycles. The lowest BCUT2D eigenvalue weighted by molar-refractivity contribution is -0.0337. The summed E-state index contributed by atoms with van der Waals surface area (Å²) < 4.78 is 5.62. The first-order chi connectivity index (χ1) is 14.6. The lowest BCUT2D eigenvalue weighted by atomic mass is 9.71. The third kappa shape index (κ3) is 3.94. The molecule has 3 aliphatic rings. The van der Waals surface area contributed by atoms with Crippen LogP contribution in [0.1, 0.15) is 40.7 Å². The first-order valence-corrected chi connectivity index (χ1v) is 10.9. The number of benzene rings is 1. The highest BCUT2D eigenvalue weighted by Gasteiger charge is 2.43. The van der Waals surface area contributed by atoms with Gasteiger partial charge in [-0.1, -0.05) is 12.1 Å². The number of piperidine rings is 2. The minimum absolute atomic E-state index is 0.0117. The molecule has 1 spiro atoms. The zero-order valence-electron chi connectivity index (χ0n) is 17.3. The molecule has 6 heteroatoms. The van der Waals surface area contributed by atoms with E-state index in [2.05, 4.69) is 28.1 Å². The van der Waals surface area contributed by atoms with E-state index in [4.69, 9.17) is 4.74 Å². The van der Waals surface area contributed by atoms with E-state index in [1.54, 1.807) is 24.5 Å². The Kier molecular flexibility index (Phi) is 5.21. The van der Waals surface area contributed by atoms with E-state index in [0.29, 0.717) is 12.1 Å². The molecule has 4 heterocycles. The highest BCUT2D eigenvalue weighted by atomic mass is 16.5. The van der Waals surface area contributed by atoms with Crippen LogP contribution in [0.25, 0.3) is 0 Å². The molecule has 1 aromatic carbocycles. The third-order valence-corrected chi connectivity index (χ3v) is 6.90. The second kappa shape index (κ2) is 8.00. The van der Waals surface area contributed by atoms with Crippen LogP contribution in [0.15, 0.2) is 42.7 Å². The average molecular weight is 408 g/mol. The van der Waals surface area contributed by atoms with E-state index in [1.807, 2.05) is 4.90 Å². The summed E-state index contributed by atoms with van der Waals surface area (Å²) in [7, 11) is 0. The zero-order valence-corrected chi connectivity index (χ0v) is 17.3. The summed E-state index contributed by atoms with van der Waals surface area (Å²) in [5.41, 5.74) is 3.27. The smallest absolute Gasteiger partial charge is 0.255 e. The van der Waals surface area contributed by atoms with Crippen molar-refractivity contribution in [3.63, 3.8) is 0 Å². The second-order valence-corrected chi connectivity index (χ2v) is 9.10. The van der Waals surface area contributed by atoms with Gasteiger partial charge in [-0.05, 0) is 67.1 Å². The van der Waals surface area contributed by atoms with Crippen molar-refractivity contribution in [2.24, 2.45) is 5.41 Å². The molecular weight excluding hydrogens is 378 g/mol. The molecule has 1 aromatic heterocycles. The van der Waals surface area contributed by atoms with Crippen LogP contribution < -0.4 is 4.74 Å². The van der Waals surface area contributed by atoms with Gasteiger partial charge in [-0.3, -0.25) is 14.7 Å². The number of fused-ring (bicyclic) bond motifs is 1. The highest BCUT2D eigenvalue weighted by Crippen LogP contribution is 2.40. The molecule has 2 saturated heterocycles. The maximum Gasteiger partial charge on any atom is 0.255 e. The van der Waals surface area contributed by atoms with Crippen molar-refractivity contribution >= 4 is 5.91 Å². The lowest BCUT2D eigenvalue weighted by Crippen LogP contribution is -2.55. The van der Waals surface area contributed by atoms with Crippen LogP contribution in [-0.2, 0) is 13.0 Å². The average Bonchev–Trinajstić information content (AvgIpc) is 3.23. The van der Waals surface area contributed by atoms with Crippen LogP contribution in [0.4, 0.5) is 0 Å². The number of nitrogens with zero attached hydrogens (tertiary/aromatic N) is 3. The quantitative estimate of drug-likeness (QED) is 0.847. The Labute approximate surface area is 177 Å². The lowest BCUT2D eigenvalue weighted by Gasteiger charge is -2.49. The van der Waals surface area contributed by atoms with Crippen molar-refractivity contribution in [2.45, 2.75) is 38.3 Å². The Morgan fingerprint density at radius 2 is 2.13 bits per heavy atom. The van der Waals surface area contributed by atoms with Crippen LogP contribution in [0, 0.1) is 5.41 Å². The number of aliphatic hydroxyl groups excluding tert-OH is 1. The fraction of sp³-hybridized carbons (Fsp3) is 0.500. The zero-order chi connectivity index (χ0) is 20.6. The van der Waals surface area contributed by atoms with E-state index in [1.165, 1.54) is 11.1 Å². The maximum absolute atomic E-state index is 12.9. The molecule has 1 amide bonds. The third-order valence-electron chi connectivity index (χ3n) is 6.90. The number of ether oxygens (including phenoxy) is 1. The normalized spacial score (nSPS) is 23.2. The minimum Gasteiger partial charge on any atom is -0.493 e. The van der Waals surface area contributed by atoms with Crippen molar-refractivity contribution in [1.82, 2.24) is 14.8 Å². The predicted molar refractivity (Wildman–Crippen MR) is 113 cm³/mol. The van der Waals surface area contributed by atoms with Crippen LogP contribution in [0.2, 0.25) is 0 Å². The minimum atomic E-state index is -0.456. The van der Waals surface area contributed by atoms with Gasteiger partial charge in [-0.15, -0.1) is 0 Å². The second-order valence-electron chi connectivity index (χ2n) is 9.10. The van der Waals surface area contributed by atoms with E-state index >= 15 is 0 Å². The highest BCUT2D eigenvalue weighted by molar-refractivity contribution is 5.94. The molecule has 6 nitrogen and oxygen atoms in total. The van der Waals surface area contributed by atoms with Crippen LogP contribution in [0.3, 0.4) is 0 Å². The van der Waals surface area contributed by atoms with E-state index in [9.17, 15) is 9.90 Å². The molecule has 2 aromatic rings. The van der Waals surface area contributed by atoms with Gasteiger partial charge in [0.1, 0.15) is 5.75 Å². The molecule has 3 aliphatic heterocycles. The number of aromatic nitrogens is 1. The first-order valence-electron chi connectivity index (χ1n) is 10.9. The predicted octanol–water partition coefficient (Wildman–Crippen LogP) is 2.51. The van der Waals surface area contributed by atoms with Gasteiger partial charge >= 0.3 is 0 Å². The number of carbonyl (C=O) groups excluding carboxylic acids is 1. The SMILES string of the molecule is O=C(c1cccnc1)N1CC(O)CC2(CCN(Cc3ccc4c(c3)CCO4)CC2)C1. The summed E-state index contributed by atoms with van der Waals surface area (Å²) in [6.07, 6.45) is 6.64. The van der Waals surface area contributed by atoms with Crippen LogP contribution >= 0.6 is 0 Å². The first kappa shape index (κ1) is 19.5. The Balaban J connectivity index is 1.22. The summed E-state index contributed by atoms with van der Waals surface area (Å²) >= 11 is 0. The Bertz CT molecular complexity index is 909. The number of aliphatic hydroxyl groups is 1. The Hall–Kier alpha value is -2.44. The molecule has 0 radical (unpaired) electrons. The summed E-state index contributed by atoms with van der Waals surface area (Å²) in [4.78, 5) is 21.3. The molecule has 30 heavy (non-hydrogen) atoms. The van der Waals surface area contributed by atoms with Crippen molar-refractivity contribution in [2.75, 3.05) is 32.8 Å². The number of rotatable bonds is 3. The maximum atomic E-state index is 12.9. The van der Waals surface area contributed by atoms with E-state index in [-0.39, 0.29) is 11.3 Å². The summed E-state index contributed by atoms with van der Waals surface area (Å²) in [6, 6.07) is 10.1. The van der Waals surface area contributed by atoms with Gasteiger partial charge in [0.15, 0.2) is 0 Å². The standard InChI is InChI=1S/C24H29N3O3/c28-21-13-24(17-27(16-21)23(29)20-2-1-8-25-14-20)6-9-26(10-7-24)15-18-3-4-22-19(12-18)5-11-30-22/h1-4,8,12,14,21,28H,5-7,9-11,13,15-17H2. The van der Waals surface area contributed by atoms with Gasteiger partial charge in [-0.2, -0.15) is 0 Å². The monoisotopic (exact) mass is 407 g/mol. The van der Waals surface area contributed by atoms with E-state index < -0.39 is 6.10 Å². The number of pyridine rings is 1. The van der Waals surface area contributed by atoms with Crippen molar-refractivity contribution in [3.05, 3.63) is 59.4 Å². The number of hydrogen-bond donors (Lipinski definition) is 1. The molecule has 0 aliphatic carbocycles. The van der Waals surface area contributed by atoms with Gasteiger partial charge in [-0.25, -0.2) is 0 Å². The summed E-state index contributed by atoms with van der Waals surface area (Å²) in [5, 5.41) is 10.5.